The zero-order valence-electron chi connectivity index (χ0n) is 8.22. The molecule has 0 spiro atoms. The van der Waals surface area contributed by atoms with Crippen LogP contribution in [-0.2, 0) is 4.74 Å². The molecule has 3 heteroatoms. The van der Waals surface area contributed by atoms with Crippen LogP contribution < -0.4 is 5.32 Å². The smallest absolute Gasteiger partial charge is 0.0636 e. The van der Waals surface area contributed by atoms with Crippen LogP contribution in [0, 0.1) is 5.41 Å². The van der Waals surface area contributed by atoms with Crippen molar-refractivity contribution in [2.45, 2.75) is 33.3 Å². The van der Waals surface area contributed by atoms with Crippen molar-refractivity contribution in [1.29, 1.82) is 0 Å². The van der Waals surface area contributed by atoms with Gasteiger partial charge in [-0.05, 0) is 18.4 Å². The number of hydrogen-bond acceptors (Lipinski definition) is 2. The maximum atomic E-state index is 5.70. The van der Waals surface area contributed by atoms with Gasteiger partial charge < -0.3 is 10.1 Å². The molecule has 0 amide bonds. The van der Waals surface area contributed by atoms with Gasteiger partial charge in [-0.1, -0.05) is 20.8 Å². The summed E-state index contributed by atoms with van der Waals surface area (Å²) in [6, 6.07) is 0. The summed E-state index contributed by atoms with van der Waals surface area (Å²) in [7, 11) is 0. The first-order valence-electron chi connectivity index (χ1n) is 4.43. The quantitative estimate of drug-likeness (QED) is 0.634. The van der Waals surface area contributed by atoms with Crippen molar-refractivity contribution in [1.82, 2.24) is 5.32 Å². The van der Waals surface area contributed by atoms with Gasteiger partial charge in [-0.15, -0.1) is 12.4 Å². The van der Waals surface area contributed by atoms with Gasteiger partial charge in [0.1, 0.15) is 0 Å². The van der Waals surface area contributed by atoms with Crippen LogP contribution in [0.4, 0.5) is 0 Å². The van der Waals surface area contributed by atoms with E-state index >= 15 is 0 Å². The van der Waals surface area contributed by atoms with E-state index in [0.29, 0.717) is 11.5 Å². The molecule has 0 aromatic rings. The Morgan fingerprint density at radius 1 is 1.25 bits per heavy atom. The van der Waals surface area contributed by atoms with E-state index in [1.807, 2.05) is 0 Å². The lowest BCUT2D eigenvalue weighted by molar-refractivity contribution is -0.00915. The van der Waals surface area contributed by atoms with Crippen LogP contribution in [0.15, 0.2) is 0 Å². The number of rotatable bonds is 0. The first kappa shape index (κ1) is 12.2. The van der Waals surface area contributed by atoms with Gasteiger partial charge in [-0.2, -0.15) is 0 Å². The van der Waals surface area contributed by atoms with Crippen LogP contribution in [0.5, 0.6) is 0 Å². The van der Waals surface area contributed by atoms with Crippen LogP contribution >= 0.6 is 12.4 Å². The van der Waals surface area contributed by atoms with Crippen molar-refractivity contribution in [3.05, 3.63) is 0 Å². The molecule has 12 heavy (non-hydrogen) atoms. The van der Waals surface area contributed by atoms with Crippen LogP contribution in [0.25, 0.3) is 0 Å². The third-order valence-corrected chi connectivity index (χ3v) is 2.15. The summed E-state index contributed by atoms with van der Waals surface area (Å²) in [5, 5.41) is 3.32. The highest BCUT2D eigenvalue weighted by molar-refractivity contribution is 5.85. The Labute approximate surface area is 81.5 Å². The molecule has 2 nitrogen and oxygen atoms in total. The third kappa shape index (κ3) is 3.74. The molecule has 1 atom stereocenters. The first-order valence-corrected chi connectivity index (χ1v) is 4.43. The van der Waals surface area contributed by atoms with Crippen LogP contribution in [0.3, 0.4) is 0 Å². The second-order valence-electron chi connectivity index (χ2n) is 4.26. The van der Waals surface area contributed by atoms with Crippen molar-refractivity contribution < 1.29 is 4.74 Å². The normalized spacial score (nSPS) is 25.8. The van der Waals surface area contributed by atoms with Gasteiger partial charge in [0, 0.05) is 6.54 Å². The molecular formula is C9H20ClNO. The molecule has 0 radical (unpaired) electrons. The average Bonchev–Trinajstić information content (AvgIpc) is 2.10. The van der Waals surface area contributed by atoms with E-state index in [-0.39, 0.29) is 12.4 Å². The van der Waals surface area contributed by atoms with Crippen molar-refractivity contribution in [2.24, 2.45) is 5.41 Å². The summed E-state index contributed by atoms with van der Waals surface area (Å²) in [6.07, 6.45) is 1.57. The highest BCUT2D eigenvalue weighted by Gasteiger charge is 2.25. The van der Waals surface area contributed by atoms with Gasteiger partial charge in [0.15, 0.2) is 0 Å². The molecule has 1 aliphatic rings. The van der Waals surface area contributed by atoms with E-state index < -0.39 is 0 Å². The summed E-state index contributed by atoms with van der Waals surface area (Å²) in [4.78, 5) is 0. The predicted molar refractivity (Wildman–Crippen MR) is 53.9 cm³/mol. The maximum Gasteiger partial charge on any atom is 0.0636 e. The molecule has 0 aromatic heterocycles. The largest absolute Gasteiger partial charge is 0.376 e. The lowest BCUT2D eigenvalue weighted by Crippen LogP contribution is -2.29. The minimum absolute atomic E-state index is 0. The minimum atomic E-state index is 0. The summed E-state index contributed by atoms with van der Waals surface area (Å²) in [5.74, 6) is 0. The second kappa shape index (κ2) is 5.05. The fourth-order valence-corrected chi connectivity index (χ4v) is 1.40. The number of nitrogens with one attached hydrogen (secondary N) is 1. The predicted octanol–water partition coefficient (Wildman–Crippen LogP) is 1.83. The lowest BCUT2D eigenvalue weighted by atomic mass is 9.87. The van der Waals surface area contributed by atoms with Gasteiger partial charge >= 0.3 is 0 Å². The molecule has 0 saturated carbocycles. The molecule has 74 valence electrons. The number of hydrogen-bond donors (Lipinski definition) is 1. The lowest BCUT2D eigenvalue weighted by Gasteiger charge is -2.28. The minimum Gasteiger partial charge on any atom is -0.376 e. The van der Waals surface area contributed by atoms with Gasteiger partial charge in [0.2, 0.25) is 0 Å². The van der Waals surface area contributed by atoms with Crippen LogP contribution in [-0.4, -0.2) is 25.8 Å². The molecule has 1 fully saturated rings. The molecule has 0 aliphatic carbocycles. The molecule has 1 unspecified atom stereocenters. The Morgan fingerprint density at radius 3 is 2.50 bits per heavy atom. The fraction of sp³-hybridized carbons (Fsp3) is 1.00. The van der Waals surface area contributed by atoms with E-state index in [2.05, 4.69) is 26.1 Å². The first-order chi connectivity index (χ1) is 5.11. The average molecular weight is 194 g/mol. The van der Waals surface area contributed by atoms with Crippen LogP contribution in [0.2, 0.25) is 0 Å². The van der Waals surface area contributed by atoms with Gasteiger partial charge in [0.25, 0.3) is 0 Å². The Balaban J connectivity index is 0.00000121. The molecule has 1 saturated heterocycles. The molecule has 0 bridgehead atoms. The van der Waals surface area contributed by atoms with Gasteiger partial charge in [-0.3, -0.25) is 0 Å². The highest BCUT2D eigenvalue weighted by atomic mass is 35.5. The zero-order valence-corrected chi connectivity index (χ0v) is 9.04. The number of ether oxygens (including phenoxy) is 1. The summed E-state index contributed by atoms with van der Waals surface area (Å²) >= 11 is 0. The van der Waals surface area contributed by atoms with E-state index in [1.165, 1.54) is 0 Å². The Kier molecular flexibility index (Phi) is 5.14. The van der Waals surface area contributed by atoms with Crippen molar-refractivity contribution >= 4 is 12.4 Å². The van der Waals surface area contributed by atoms with Gasteiger partial charge in [0.05, 0.1) is 12.7 Å². The monoisotopic (exact) mass is 193 g/mol. The Hall–Kier alpha value is 0.210. The third-order valence-electron chi connectivity index (χ3n) is 2.15. The highest BCUT2D eigenvalue weighted by Crippen LogP contribution is 2.25. The van der Waals surface area contributed by atoms with E-state index in [0.717, 1.165) is 26.1 Å². The molecule has 1 rings (SSSR count). The summed E-state index contributed by atoms with van der Waals surface area (Å²) in [5.41, 5.74) is 0.298. The van der Waals surface area contributed by atoms with Crippen LogP contribution in [0.1, 0.15) is 27.2 Å². The maximum absolute atomic E-state index is 5.70. The van der Waals surface area contributed by atoms with E-state index in [9.17, 15) is 0 Å². The van der Waals surface area contributed by atoms with Gasteiger partial charge in [-0.25, -0.2) is 0 Å². The van der Waals surface area contributed by atoms with E-state index in [4.69, 9.17) is 4.74 Å². The Bertz CT molecular complexity index is 114. The number of halogens is 1. The molecular weight excluding hydrogens is 174 g/mol. The molecule has 1 aliphatic heterocycles. The SMILES string of the molecule is CC(C)(C)C1CCNCCO1.Cl. The molecule has 1 N–H and O–H groups in total. The van der Waals surface area contributed by atoms with Crippen molar-refractivity contribution in [3.8, 4) is 0 Å². The fourth-order valence-electron chi connectivity index (χ4n) is 1.40. The summed E-state index contributed by atoms with van der Waals surface area (Å²) in [6.45, 7) is 9.69. The topological polar surface area (TPSA) is 21.3 Å². The van der Waals surface area contributed by atoms with Crippen molar-refractivity contribution in [2.75, 3.05) is 19.7 Å². The van der Waals surface area contributed by atoms with E-state index in [1.54, 1.807) is 0 Å². The molecule has 1 heterocycles. The second-order valence-corrected chi connectivity index (χ2v) is 4.26. The standard InChI is InChI=1S/C9H19NO.ClH/c1-9(2,3)8-4-5-10-6-7-11-8;/h8,10H,4-7H2,1-3H3;1H. The summed E-state index contributed by atoms with van der Waals surface area (Å²) < 4.78 is 5.70. The molecule has 0 aromatic carbocycles. The zero-order chi connectivity index (χ0) is 8.32. The van der Waals surface area contributed by atoms with Crippen molar-refractivity contribution in [3.63, 3.8) is 0 Å². The Morgan fingerprint density at radius 2 is 1.92 bits per heavy atom.